The molecule has 1 heterocycles. The van der Waals surface area contributed by atoms with Crippen LogP contribution in [-0.2, 0) is 16.1 Å². The summed E-state index contributed by atoms with van der Waals surface area (Å²) in [5.74, 6) is -0.215. The lowest BCUT2D eigenvalue weighted by atomic mass is 10.5. The largest absolute Gasteiger partial charge is 0.468 e. The van der Waals surface area contributed by atoms with Gasteiger partial charge in [-0.1, -0.05) is 0 Å². The molecule has 0 fully saturated rings. The zero-order valence-corrected chi connectivity index (χ0v) is 8.51. The highest BCUT2D eigenvalue weighted by atomic mass is 16.5. The van der Waals surface area contributed by atoms with Crippen molar-refractivity contribution in [3.8, 4) is 0 Å². The van der Waals surface area contributed by atoms with Gasteiger partial charge in [-0.15, -0.1) is 0 Å². The maximum absolute atomic E-state index is 10.9. The zero-order chi connectivity index (χ0) is 10.4. The third kappa shape index (κ3) is 3.57. The summed E-state index contributed by atoms with van der Waals surface area (Å²) in [4.78, 5) is 12.8. The summed E-state index contributed by atoms with van der Waals surface area (Å²) in [6.45, 7) is 1.87. The maximum atomic E-state index is 10.9. The number of likely N-dealkylation sites (N-methyl/N-ethyl adjacent to an activating group) is 1. The second kappa shape index (κ2) is 5.39. The SMILES string of the molecule is COC(=O)CN(C)CCn1cccn1. The van der Waals surface area contributed by atoms with E-state index < -0.39 is 0 Å². The third-order valence-corrected chi connectivity index (χ3v) is 1.90. The Morgan fingerprint density at radius 2 is 2.43 bits per heavy atom. The van der Waals surface area contributed by atoms with Crippen molar-refractivity contribution in [2.24, 2.45) is 0 Å². The van der Waals surface area contributed by atoms with Gasteiger partial charge in [-0.05, 0) is 13.1 Å². The molecule has 0 aliphatic heterocycles. The zero-order valence-electron chi connectivity index (χ0n) is 8.51. The summed E-state index contributed by atoms with van der Waals surface area (Å²) in [6, 6.07) is 1.88. The van der Waals surface area contributed by atoms with E-state index in [1.165, 1.54) is 7.11 Å². The van der Waals surface area contributed by atoms with E-state index in [1.54, 1.807) is 6.20 Å². The molecule has 0 saturated carbocycles. The highest BCUT2D eigenvalue weighted by Crippen LogP contribution is 1.89. The summed E-state index contributed by atoms with van der Waals surface area (Å²) in [5.41, 5.74) is 0. The lowest BCUT2D eigenvalue weighted by molar-refractivity contribution is -0.141. The van der Waals surface area contributed by atoms with E-state index >= 15 is 0 Å². The quantitative estimate of drug-likeness (QED) is 0.623. The van der Waals surface area contributed by atoms with Gasteiger partial charge in [0.15, 0.2) is 0 Å². The van der Waals surface area contributed by atoms with Crippen LogP contribution in [0.2, 0.25) is 0 Å². The fourth-order valence-electron chi connectivity index (χ4n) is 1.07. The molecule has 0 aromatic carbocycles. The fraction of sp³-hybridized carbons (Fsp3) is 0.556. The number of nitrogens with zero attached hydrogens (tertiary/aromatic N) is 3. The molecule has 5 nitrogen and oxygen atoms in total. The van der Waals surface area contributed by atoms with Crippen LogP contribution < -0.4 is 0 Å². The average Bonchev–Trinajstić information content (AvgIpc) is 2.67. The van der Waals surface area contributed by atoms with Gasteiger partial charge < -0.3 is 4.74 Å². The summed E-state index contributed by atoms with van der Waals surface area (Å²) in [7, 11) is 3.27. The van der Waals surface area contributed by atoms with E-state index in [4.69, 9.17) is 0 Å². The average molecular weight is 197 g/mol. The molecule has 0 bridgehead atoms. The van der Waals surface area contributed by atoms with Gasteiger partial charge in [0.25, 0.3) is 0 Å². The van der Waals surface area contributed by atoms with Crippen LogP contribution in [0.4, 0.5) is 0 Å². The topological polar surface area (TPSA) is 47.4 Å². The summed E-state index contributed by atoms with van der Waals surface area (Å²) in [6.07, 6.45) is 3.63. The monoisotopic (exact) mass is 197 g/mol. The summed E-state index contributed by atoms with van der Waals surface area (Å²) < 4.78 is 6.38. The van der Waals surface area contributed by atoms with Crippen LogP contribution in [0.15, 0.2) is 18.5 Å². The van der Waals surface area contributed by atoms with Crippen LogP contribution in [0, 0.1) is 0 Å². The predicted molar refractivity (Wildman–Crippen MR) is 51.7 cm³/mol. The van der Waals surface area contributed by atoms with Gasteiger partial charge in [0, 0.05) is 18.9 Å². The van der Waals surface area contributed by atoms with E-state index in [0.29, 0.717) is 6.54 Å². The molecule has 0 aliphatic rings. The highest BCUT2D eigenvalue weighted by molar-refractivity contribution is 5.71. The first-order valence-electron chi connectivity index (χ1n) is 4.45. The fourth-order valence-corrected chi connectivity index (χ4v) is 1.07. The Kier molecular flexibility index (Phi) is 4.12. The number of carbonyl (C=O) groups excluding carboxylic acids is 1. The molecule has 0 unspecified atom stereocenters. The number of aromatic nitrogens is 2. The lowest BCUT2D eigenvalue weighted by Gasteiger charge is -2.14. The summed E-state index contributed by atoms with van der Waals surface area (Å²) >= 11 is 0. The molecule has 5 heteroatoms. The highest BCUT2D eigenvalue weighted by Gasteiger charge is 2.05. The molecule has 0 amide bonds. The molecule has 14 heavy (non-hydrogen) atoms. The molecule has 78 valence electrons. The Hall–Kier alpha value is -1.36. The molecule has 1 rings (SSSR count). The first kappa shape index (κ1) is 10.7. The van der Waals surface area contributed by atoms with Gasteiger partial charge in [0.05, 0.1) is 20.2 Å². The molecule has 0 atom stereocenters. The van der Waals surface area contributed by atoms with Crippen molar-refractivity contribution in [3.05, 3.63) is 18.5 Å². The van der Waals surface area contributed by atoms with E-state index in [0.717, 1.165) is 13.1 Å². The predicted octanol–water partition coefficient (Wildman–Crippen LogP) is -0.0121. The Morgan fingerprint density at radius 1 is 1.64 bits per heavy atom. The second-order valence-corrected chi connectivity index (χ2v) is 3.08. The minimum absolute atomic E-state index is 0.215. The minimum atomic E-state index is -0.215. The number of carbonyl (C=O) groups is 1. The number of esters is 1. The van der Waals surface area contributed by atoms with E-state index in [1.807, 2.05) is 28.9 Å². The normalized spacial score (nSPS) is 10.5. The molecular formula is C9H15N3O2. The van der Waals surface area contributed by atoms with Gasteiger partial charge in [0.2, 0.25) is 0 Å². The number of hydrogen-bond donors (Lipinski definition) is 0. The van der Waals surface area contributed by atoms with Crippen LogP contribution in [0.25, 0.3) is 0 Å². The molecular weight excluding hydrogens is 182 g/mol. The van der Waals surface area contributed by atoms with Crippen LogP contribution in [0.3, 0.4) is 0 Å². The van der Waals surface area contributed by atoms with Crippen molar-refractivity contribution in [2.45, 2.75) is 6.54 Å². The lowest BCUT2D eigenvalue weighted by Crippen LogP contribution is -2.29. The Bertz CT molecular complexity index is 272. The number of methoxy groups -OCH3 is 1. The second-order valence-electron chi connectivity index (χ2n) is 3.08. The Balaban J connectivity index is 2.21. The van der Waals surface area contributed by atoms with Crippen molar-refractivity contribution in [1.82, 2.24) is 14.7 Å². The minimum Gasteiger partial charge on any atom is -0.468 e. The number of rotatable bonds is 5. The first-order valence-corrected chi connectivity index (χ1v) is 4.45. The van der Waals surface area contributed by atoms with Crippen molar-refractivity contribution in [1.29, 1.82) is 0 Å². The van der Waals surface area contributed by atoms with Crippen molar-refractivity contribution < 1.29 is 9.53 Å². The van der Waals surface area contributed by atoms with E-state index in [2.05, 4.69) is 9.84 Å². The molecule has 0 spiro atoms. The van der Waals surface area contributed by atoms with Crippen molar-refractivity contribution >= 4 is 5.97 Å². The molecule has 1 aromatic rings. The number of ether oxygens (including phenoxy) is 1. The maximum Gasteiger partial charge on any atom is 0.319 e. The van der Waals surface area contributed by atoms with Gasteiger partial charge in [-0.25, -0.2) is 0 Å². The van der Waals surface area contributed by atoms with Crippen LogP contribution in [0.5, 0.6) is 0 Å². The van der Waals surface area contributed by atoms with Gasteiger partial charge >= 0.3 is 5.97 Å². The van der Waals surface area contributed by atoms with Crippen LogP contribution in [-0.4, -0.2) is 47.9 Å². The van der Waals surface area contributed by atoms with Gasteiger partial charge in [-0.3, -0.25) is 14.4 Å². The molecule has 0 saturated heterocycles. The first-order chi connectivity index (χ1) is 6.72. The molecule has 0 N–H and O–H groups in total. The molecule has 0 radical (unpaired) electrons. The Labute approximate surface area is 83.3 Å². The molecule has 0 aliphatic carbocycles. The smallest absolute Gasteiger partial charge is 0.319 e. The Morgan fingerprint density at radius 3 is 3.00 bits per heavy atom. The van der Waals surface area contributed by atoms with Crippen molar-refractivity contribution in [3.63, 3.8) is 0 Å². The standard InChI is InChI=1S/C9H15N3O2/c1-11(8-9(13)14-2)6-7-12-5-3-4-10-12/h3-5H,6-8H2,1-2H3. The molecule has 1 aromatic heterocycles. The summed E-state index contributed by atoms with van der Waals surface area (Å²) in [5, 5.41) is 4.06. The van der Waals surface area contributed by atoms with Gasteiger partial charge in [0.1, 0.15) is 0 Å². The van der Waals surface area contributed by atoms with E-state index in [-0.39, 0.29) is 5.97 Å². The third-order valence-electron chi connectivity index (χ3n) is 1.90. The van der Waals surface area contributed by atoms with Gasteiger partial charge in [-0.2, -0.15) is 5.10 Å². The van der Waals surface area contributed by atoms with Crippen molar-refractivity contribution in [2.75, 3.05) is 27.2 Å². The van der Waals surface area contributed by atoms with Crippen LogP contribution in [0.1, 0.15) is 0 Å². The van der Waals surface area contributed by atoms with E-state index in [9.17, 15) is 4.79 Å². The number of hydrogen-bond acceptors (Lipinski definition) is 4. The van der Waals surface area contributed by atoms with Crippen LogP contribution >= 0.6 is 0 Å².